The van der Waals surface area contributed by atoms with Crippen LogP contribution >= 0.6 is 0 Å². The van der Waals surface area contributed by atoms with Crippen LogP contribution in [0.2, 0.25) is 0 Å². The number of benzene rings is 1. The molecule has 0 atom stereocenters. The Morgan fingerprint density at radius 2 is 2.17 bits per heavy atom. The van der Waals surface area contributed by atoms with E-state index in [4.69, 9.17) is 5.73 Å². The molecule has 92 valence electrons. The first-order valence-corrected chi connectivity index (χ1v) is 5.02. The van der Waals surface area contributed by atoms with E-state index in [9.17, 15) is 14.5 Å². The van der Waals surface area contributed by atoms with Crippen LogP contribution in [0, 0.1) is 22.9 Å². The largest absolute Gasteiger partial charge is 0.368 e. The summed E-state index contributed by atoms with van der Waals surface area (Å²) >= 11 is 0. The lowest BCUT2D eigenvalue weighted by atomic mass is 10.0. The van der Waals surface area contributed by atoms with E-state index in [1.165, 1.54) is 18.2 Å². The molecular formula is C11H9FN4O2. The van der Waals surface area contributed by atoms with Crippen molar-refractivity contribution in [2.75, 3.05) is 5.73 Å². The fourth-order valence-corrected chi connectivity index (χ4v) is 1.57. The molecule has 6 nitrogen and oxygen atoms in total. The number of rotatable bonds is 2. The van der Waals surface area contributed by atoms with Gasteiger partial charge in [0.05, 0.1) is 4.92 Å². The summed E-state index contributed by atoms with van der Waals surface area (Å²) in [5.74, 6) is -0.596. The highest BCUT2D eigenvalue weighted by Gasteiger charge is 2.20. The molecule has 1 aromatic carbocycles. The molecule has 0 aliphatic heterocycles. The van der Waals surface area contributed by atoms with Crippen molar-refractivity contribution in [3.05, 3.63) is 45.9 Å². The molecular weight excluding hydrogens is 239 g/mol. The van der Waals surface area contributed by atoms with Gasteiger partial charge in [-0.1, -0.05) is 6.07 Å². The lowest BCUT2D eigenvalue weighted by Crippen LogP contribution is -2.02. The summed E-state index contributed by atoms with van der Waals surface area (Å²) in [6.07, 6.45) is 1.02. The van der Waals surface area contributed by atoms with E-state index >= 15 is 0 Å². The fourth-order valence-electron chi connectivity index (χ4n) is 1.57. The number of aromatic nitrogens is 2. The van der Waals surface area contributed by atoms with Crippen LogP contribution < -0.4 is 5.73 Å². The van der Waals surface area contributed by atoms with Crippen molar-refractivity contribution in [3.63, 3.8) is 0 Å². The van der Waals surface area contributed by atoms with E-state index in [0.717, 1.165) is 6.20 Å². The maximum absolute atomic E-state index is 13.2. The molecule has 0 spiro atoms. The Bertz CT molecular complexity index is 630. The third kappa shape index (κ3) is 2.10. The van der Waals surface area contributed by atoms with Gasteiger partial charge < -0.3 is 5.73 Å². The van der Waals surface area contributed by atoms with Gasteiger partial charge in [-0.05, 0) is 24.6 Å². The number of hydrogen-bond donors (Lipinski definition) is 1. The van der Waals surface area contributed by atoms with Crippen LogP contribution in [-0.2, 0) is 0 Å². The minimum atomic E-state index is -0.626. The zero-order valence-electron chi connectivity index (χ0n) is 9.42. The topological polar surface area (TPSA) is 94.9 Å². The Morgan fingerprint density at radius 1 is 1.44 bits per heavy atom. The van der Waals surface area contributed by atoms with Crippen molar-refractivity contribution in [2.45, 2.75) is 6.92 Å². The van der Waals surface area contributed by atoms with Gasteiger partial charge in [-0.3, -0.25) is 10.1 Å². The Labute approximate surface area is 101 Å². The van der Waals surface area contributed by atoms with Crippen molar-refractivity contribution in [2.24, 2.45) is 0 Å². The van der Waals surface area contributed by atoms with Gasteiger partial charge in [0.2, 0.25) is 5.95 Å². The average Bonchev–Trinajstić information content (AvgIpc) is 2.31. The summed E-state index contributed by atoms with van der Waals surface area (Å²) in [5, 5.41) is 10.9. The highest BCUT2D eigenvalue weighted by atomic mass is 19.1. The van der Waals surface area contributed by atoms with Crippen molar-refractivity contribution in [1.82, 2.24) is 9.97 Å². The maximum Gasteiger partial charge on any atom is 0.313 e. The zero-order valence-corrected chi connectivity index (χ0v) is 9.42. The molecule has 0 aliphatic carbocycles. The number of nitrogens with two attached hydrogens (primary N) is 1. The van der Waals surface area contributed by atoms with Crippen molar-refractivity contribution in [1.29, 1.82) is 0 Å². The summed E-state index contributed by atoms with van der Waals surface area (Å²) in [6, 6.07) is 3.98. The van der Waals surface area contributed by atoms with Gasteiger partial charge in [0.15, 0.2) is 5.69 Å². The lowest BCUT2D eigenvalue weighted by molar-refractivity contribution is -0.384. The SMILES string of the molecule is Cc1ccc(F)cc1-c1nc(N)ncc1[N+](=O)[O-]. The van der Waals surface area contributed by atoms with Crippen LogP contribution in [0.25, 0.3) is 11.3 Å². The minimum absolute atomic E-state index is 0.0181. The van der Waals surface area contributed by atoms with Crippen LogP contribution in [0.15, 0.2) is 24.4 Å². The van der Waals surface area contributed by atoms with Crippen LogP contribution in [0.4, 0.5) is 16.0 Å². The lowest BCUT2D eigenvalue weighted by Gasteiger charge is -2.06. The molecule has 0 saturated heterocycles. The van der Waals surface area contributed by atoms with Gasteiger partial charge in [-0.15, -0.1) is 0 Å². The van der Waals surface area contributed by atoms with E-state index in [-0.39, 0.29) is 17.3 Å². The second-order valence-electron chi connectivity index (χ2n) is 3.68. The molecule has 2 aromatic rings. The maximum atomic E-state index is 13.2. The summed E-state index contributed by atoms with van der Waals surface area (Å²) in [7, 11) is 0. The number of aryl methyl sites for hydroxylation is 1. The smallest absolute Gasteiger partial charge is 0.313 e. The number of halogens is 1. The molecule has 0 bridgehead atoms. The van der Waals surface area contributed by atoms with Crippen molar-refractivity contribution in [3.8, 4) is 11.3 Å². The number of hydrogen-bond acceptors (Lipinski definition) is 5. The molecule has 0 saturated carbocycles. The molecule has 18 heavy (non-hydrogen) atoms. The minimum Gasteiger partial charge on any atom is -0.368 e. The highest BCUT2D eigenvalue weighted by molar-refractivity contribution is 5.72. The molecule has 0 radical (unpaired) electrons. The summed E-state index contributed by atoms with van der Waals surface area (Å²) in [5.41, 5.74) is 6.12. The molecule has 1 aromatic heterocycles. The van der Waals surface area contributed by atoms with Gasteiger partial charge in [0, 0.05) is 5.56 Å². The Kier molecular flexibility index (Phi) is 2.88. The standard InChI is InChI=1S/C11H9FN4O2/c1-6-2-3-7(12)4-8(6)10-9(16(17)18)5-14-11(13)15-10/h2-5H,1H3,(H2,13,14,15). The predicted molar refractivity (Wildman–Crippen MR) is 63.2 cm³/mol. The van der Waals surface area contributed by atoms with E-state index in [0.29, 0.717) is 11.1 Å². The van der Waals surface area contributed by atoms with Crippen molar-refractivity contribution >= 4 is 11.6 Å². The third-order valence-electron chi connectivity index (χ3n) is 2.44. The Balaban J connectivity index is 2.73. The number of nitrogens with zero attached hydrogens (tertiary/aromatic N) is 3. The predicted octanol–water partition coefficient (Wildman–Crippen LogP) is 2.08. The van der Waals surface area contributed by atoms with E-state index < -0.39 is 10.7 Å². The second-order valence-corrected chi connectivity index (χ2v) is 3.68. The van der Waals surface area contributed by atoms with Gasteiger partial charge in [0.1, 0.15) is 12.0 Å². The molecule has 0 fully saturated rings. The van der Waals surface area contributed by atoms with Crippen molar-refractivity contribution < 1.29 is 9.31 Å². The molecule has 0 unspecified atom stereocenters. The van der Waals surface area contributed by atoms with Gasteiger partial charge in [-0.2, -0.15) is 0 Å². The molecule has 7 heteroatoms. The van der Waals surface area contributed by atoms with Crippen LogP contribution in [0.5, 0.6) is 0 Å². The first kappa shape index (κ1) is 11.9. The normalized spacial score (nSPS) is 10.3. The molecule has 0 amide bonds. The van der Waals surface area contributed by atoms with Gasteiger partial charge >= 0.3 is 5.69 Å². The Morgan fingerprint density at radius 3 is 2.83 bits per heavy atom. The Hall–Kier alpha value is -2.57. The summed E-state index contributed by atoms with van der Waals surface area (Å²) < 4.78 is 13.2. The van der Waals surface area contributed by atoms with Gasteiger partial charge in [-0.25, -0.2) is 14.4 Å². The molecule has 2 N–H and O–H groups in total. The molecule has 2 rings (SSSR count). The molecule has 1 heterocycles. The average molecular weight is 248 g/mol. The van der Waals surface area contributed by atoms with E-state index in [1.54, 1.807) is 6.92 Å². The van der Waals surface area contributed by atoms with E-state index in [2.05, 4.69) is 9.97 Å². The quantitative estimate of drug-likeness (QED) is 0.648. The number of nitro groups is 1. The highest BCUT2D eigenvalue weighted by Crippen LogP contribution is 2.30. The van der Waals surface area contributed by atoms with E-state index in [1.807, 2.05) is 0 Å². The number of anilines is 1. The first-order valence-electron chi connectivity index (χ1n) is 5.02. The second kappa shape index (κ2) is 4.36. The summed E-state index contributed by atoms with van der Waals surface area (Å²) in [6.45, 7) is 1.71. The third-order valence-corrected chi connectivity index (χ3v) is 2.44. The fraction of sp³-hybridized carbons (Fsp3) is 0.0909. The van der Waals surface area contributed by atoms with Crippen LogP contribution in [0.1, 0.15) is 5.56 Å². The number of nitrogen functional groups attached to an aromatic ring is 1. The molecule has 0 aliphatic rings. The zero-order chi connectivity index (χ0) is 13.3. The van der Waals surface area contributed by atoms with Crippen LogP contribution in [0.3, 0.4) is 0 Å². The monoisotopic (exact) mass is 248 g/mol. The first-order chi connectivity index (χ1) is 8.49. The summed E-state index contributed by atoms with van der Waals surface area (Å²) in [4.78, 5) is 17.7. The van der Waals surface area contributed by atoms with Gasteiger partial charge in [0.25, 0.3) is 0 Å². The van der Waals surface area contributed by atoms with Crippen LogP contribution in [-0.4, -0.2) is 14.9 Å².